The fourth-order valence-electron chi connectivity index (χ4n) is 3.17. The number of aliphatic imine (C=N–C) groups is 1. The number of halogens is 1. The first-order chi connectivity index (χ1) is 12.3. The first kappa shape index (κ1) is 21.1. The highest BCUT2D eigenvalue weighted by Gasteiger charge is 2.14. The van der Waals surface area contributed by atoms with Gasteiger partial charge in [0.1, 0.15) is 5.82 Å². The number of nitrogens with zero attached hydrogens (tertiary/aromatic N) is 4. The third kappa shape index (κ3) is 5.94. The summed E-state index contributed by atoms with van der Waals surface area (Å²) in [6, 6.07) is 4.31. The number of hydrogen-bond donors (Lipinski definition) is 2. The topological polar surface area (TPSA) is 67.1 Å². The van der Waals surface area contributed by atoms with Crippen molar-refractivity contribution >= 4 is 41.3 Å². The van der Waals surface area contributed by atoms with E-state index in [1.807, 2.05) is 18.4 Å². The van der Waals surface area contributed by atoms with Crippen molar-refractivity contribution in [2.75, 3.05) is 13.6 Å². The second-order valence-electron chi connectivity index (χ2n) is 6.69. The average Bonchev–Trinajstić information content (AvgIpc) is 3.19. The molecule has 3 heterocycles. The van der Waals surface area contributed by atoms with Crippen molar-refractivity contribution in [3.8, 4) is 0 Å². The highest BCUT2D eigenvalue weighted by atomic mass is 127. The van der Waals surface area contributed by atoms with E-state index >= 15 is 0 Å². The molecule has 0 fully saturated rings. The molecule has 0 saturated heterocycles. The summed E-state index contributed by atoms with van der Waals surface area (Å²) in [6.07, 6.45) is 5.85. The highest BCUT2D eigenvalue weighted by Crippen LogP contribution is 2.15. The lowest BCUT2D eigenvalue weighted by Crippen LogP contribution is -2.39. The summed E-state index contributed by atoms with van der Waals surface area (Å²) in [5, 5.41) is 17.6. The van der Waals surface area contributed by atoms with Crippen molar-refractivity contribution in [2.24, 2.45) is 10.9 Å². The lowest BCUT2D eigenvalue weighted by Gasteiger charge is -2.16. The van der Waals surface area contributed by atoms with Crippen molar-refractivity contribution in [2.45, 2.75) is 52.1 Å². The van der Waals surface area contributed by atoms with Gasteiger partial charge in [-0.3, -0.25) is 4.99 Å². The Balaban J connectivity index is 0.00000243. The minimum atomic E-state index is 0. The molecule has 3 rings (SSSR count). The van der Waals surface area contributed by atoms with Crippen LogP contribution in [0.3, 0.4) is 0 Å². The van der Waals surface area contributed by atoms with Crippen molar-refractivity contribution in [1.29, 1.82) is 0 Å². The van der Waals surface area contributed by atoms with Gasteiger partial charge in [-0.1, -0.05) is 19.4 Å². The van der Waals surface area contributed by atoms with Crippen molar-refractivity contribution in [3.05, 3.63) is 34.0 Å². The molecule has 0 aliphatic carbocycles. The van der Waals surface area contributed by atoms with Crippen molar-refractivity contribution in [1.82, 2.24) is 25.4 Å². The molecule has 2 N–H and O–H groups in total. The molecule has 8 heteroatoms. The number of aryl methyl sites for hydroxylation is 1. The standard InChI is InChI=1S/C18H28N6S.HI/c1-14(11-15-7-6-10-25-15)12-20-18(19-2)21-13-17-23-22-16-8-4-3-5-9-24(16)17;/h6-7,10,14H,3-5,8-9,11-13H2,1-2H3,(H2,19,20,21);1H. The summed E-state index contributed by atoms with van der Waals surface area (Å²) in [7, 11) is 1.81. The summed E-state index contributed by atoms with van der Waals surface area (Å²) >= 11 is 1.82. The number of thiophene rings is 1. The van der Waals surface area contributed by atoms with Crippen LogP contribution in [0.5, 0.6) is 0 Å². The Labute approximate surface area is 176 Å². The summed E-state index contributed by atoms with van der Waals surface area (Å²) < 4.78 is 2.27. The summed E-state index contributed by atoms with van der Waals surface area (Å²) in [5.41, 5.74) is 0. The third-order valence-corrected chi connectivity index (χ3v) is 5.47. The van der Waals surface area contributed by atoms with E-state index in [1.165, 1.54) is 24.1 Å². The van der Waals surface area contributed by atoms with Crippen LogP contribution in [-0.4, -0.2) is 34.3 Å². The van der Waals surface area contributed by atoms with Crippen LogP contribution in [0.25, 0.3) is 0 Å². The van der Waals surface area contributed by atoms with Gasteiger partial charge in [-0.25, -0.2) is 0 Å². The predicted molar refractivity (Wildman–Crippen MR) is 118 cm³/mol. The predicted octanol–water partition coefficient (Wildman–Crippen LogP) is 3.23. The van der Waals surface area contributed by atoms with E-state index in [4.69, 9.17) is 0 Å². The number of fused-ring (bicyclic) bond motifs is 1. The van der Waals surface area contributed by atoms with E-state index in [0.29, 0.717) is 12.5 Å². The zero-order valence-electron chi connectivity index (χ0n) is 15.6. The van der Waals surface area contributed by atoms with E-state index in [9.17, 15) is 0 Å². The molecule has 6 nitrogen and oxygen atoms in total. The molecule has 1 unspecified atom stereocenters. The van der Waals surface area contributed by atoms with Gasteiger partial charge in [0.15, 0.2) is 11.8 Å². The smallest absolute Gasteiger partial charge is 0.191 e. The number of guanidine groups is 1. The maximum atomic E-state index is 4.36. The van der Waals surface area contributed by atoms with Gasteiger partial charge in [0.2, 0.25) is 0 Å². The minimum Gasteiger partial charge on any atom is -0.356 e. The van der Waals surface area contributed by atoms with Crippen molar-refractivity contribution < 1.29 is 0 Å². The fourth-order valence-corrected chi connectivity index (χ4v) is 4.04. The maximum Gasteiger partial charge on any atom is 0.191 e. The number of hydrogen-bond acceptors (Lipinski definition) is 4. The molecular formula is C18H29IN6S. The van der Waals surface area contributed by atoms with Crippen LogP contribution in [0.4, 0.5) is 0 Å². The quantitative estimate of drug-likeness (QED) is 0.372. The van der Waals surface area contributed by atoms with Gasteiger partial charge < -0.3 is 15.2 Å². The monoisotopic (exact) mass is 488 g/mol. The Kier molecular flexibility index (Phi) is 8.83. The van der Waals surface area contributed by atoms with Gasteiger partial charge >= 0.3 is 0 Å². The molecule has 2 aromatic heterocycles. The molecule has 0 saturated carbocycles. The molecular weight excluding hydrogens is 459 g/mol. The van der Waals surface area contributed by atoms with E-state index in [-0.39, 0.29) is 24.0 Å². The normalized spacial score (nSPS) is 15.5. The highest BCUT2D eigenvalue weighted by molar-refractivity contribution is 14.0. The molecule has 0 bridgehead atoms. The van der Waals surface area contributed by atoms with Gasteiger partial charge in [-0.15, -0.1) is 45.5 Å². The molecule has 1 aliphatic heterocycles. The van der Waals surface area contributed by atoms with E-state index in [1.54, 1.807) is 0 Å². The first-order valence-corrected chi connectivity index (χ1v) is 10.0. The Morgan fingerprint density at radius 1 is 1.31 bits per heavy atom. The van der Waals surface area contributed by atoms with Gasteiger partial charge in [0.25, 0.3) is 0 Å². The SMILES string of the molecule is CN=C(NCc1nnc2n1CCCCC2)NCC(C)Cc1cccs1.I. The number of nitrogens with one attached hydrogen (secondary N) is 2. The largest absolute Gasteiger partial charge is 0.356 e. The number of rotatable bonds is 6. The van der Waals surface area contributed by atoms with Gasteiger partial charge in [0, 0.05) is 31.4 Å². The average molecular weight is 488 g/mol. The Morgan fingerprint density at radius 3 is 2.96 bits per heavy atom. The van der Waals surface area contributed by atoms with Crippen LogP contribution in [0.15, 0.2) is 22.5 Å². The summed E-state index contributed by atoms with van der Waals surface area (Å²) in [5.74, 6) is 3.51. The van der Waals surface area contributed by atoms with E-state index in [2.05, 4.69) is 54.8 Å². The van der Waals surface area contributed by atoms with Crippen LogP contribution in [-0.2, 0) is 25.9 Å². The molecule has 0 amide bonds. The second kappa shape index (κ2) is 10.9. The summed E-state index contributed by atoms with van der Waals surface area (Å²) in [4.78, 5) is 5.76. The molecule has 1 aliphatic rings. The van der Waals surface area contributed by atoms with Gasteiger partial charge in [-0.05, 0) is 36.6 Å². The maximum absolute atomic E-state index is 4.36. The molecule has 0 aromatic carbocycles. The molecule has 26 heavy (non-hydrogen) atoms. The molecule has 1 atom stereocenters. The van der Waals surface area contributed by atoms with Crippen LogP contribution < -0.4 is 10.6 Å². The van der Waals surface area contributed by atoms with Crippen LogP contribution in [0, 0.1) is 5.92 Å². The first-order valence-electron chi connectivity index (χ1n) is 9.14. The van der Waals surface area contributed by atoms with Crippen LogP contribution in [0.1, 0.15) is 42.7 Å². The molecule has 0 spiro atoms. The van der Waals surface area contributed by atoms with Gasteiger partial charge in [0.05, 0.1) is 6.54 Å². The molecule has 144 valence electrons. The van der Waals surface area contributed by atoms with Crippen LogP contribution in [0.2, 0.25) is 0 Å². The van der Waals surface area contributed by atoms with Crippen molar-refractivity contribution in [3.63, 3.8) is 0 Å². The Morgan fingerprint density at radius 2 is 2.19 bits per heavy atom. The zero-order valence-corrected chi connectivity index (χ0v) is 18.7. The third-order valence-electron chi connectivity index (χ3n) is 4.57. The van der Waals surface area contributed by atoms with E-state index < -0.39 is 0 Å². The summed E-state index contributed by atoms with van der Waals surface area (Å²) in [6.45, 7) is 4.85. The fraction of sp³-hybridized carbons (Fsp3) is 0.611. The van der Waals surface area contributed by atoms with Gasteiger partial charge in [-0.2, -0.15) is 0 Å². The molecule has 0 radical (unpaired) electrons. The molecule has 2 aromatic rings. The lowest BCUT2D eigenvalue weighted by molar-refractivity contribution is 0.558. The second-order valence-corrected chi connectivity index (χ2v) is 7.72. The Hall–Kier alpha value is -1.16. The number of aromatic nitrogens is 3. The lowest BCUT2D eigenvalue weighted by atomic mass is 10.1. The minimum absolute atomic E-state index is 0. The van der Waals surface area contributed by atoms with Crippen LogP contribution >= 0.6 is 35.3 Å². The van der Waals surface area contributed by atoms with E-state index in [0.717, 1.165) is 43.5 Å². The zero-order chi connectivity index (χ0) is 17.5. The Bertz CT molecular complexity index is 682.